The van der Waals surface area contributed by atoms with E-state index in [2.05, 4.69) is 16.5 Å². The molecule has 1 saturated carbocycles. The number of halogens is 1. The van der Waals surface area contributed by atoms with Crippen LogP contribution in [0.15, 0.2) is 60.2 Å². The molecule has 0 spiro atoms. The highest BCUT2D eigenvalue weighted by Gasteiger charge is 2.27. The van der Waals surface area contributed by atoms with Gasteiger partial charge < -0.3 is 15.2 Å². The van der Waals surface area contributed by atoms with E-state index in [9.17, 15) is 0 Å². The van der Waals surface area contributed by atoms with Crippen molar-refractivity contribution in [3.63, 3.8) is 0 Å². The zero-order valence-electron chi connectivity index (χ0n) is 17.2. The smallest absolute Gasteiger partial charge is 0.174 e. The van der Waals surface area contributed by atoms with Gasteiger partial charge in [0.2, 0.25) is 0 Å². The van der Waals surface area contributed by atoms with Gasteiger partial charge in [-0.25, -0.2) is 9.37 Å². The highest BCUT2D eigenvalue weighted by molar-refractivity contribution is 5.64. The monoisotopic (exact) mass is 407 g/mol. The molecule has 1 fully saturated rings. The fourth-order valence-electron chi connectivity index (χ4n) is 3.74. The van der Waals surface area contributed by atoms with Gasteiger partial charge in [-0.15, -0.1) is 0 Å². The predicted molar refractivity (Wildman–Crippen MR) is 115 cm³/mol. The molecule has 4 rings (SSSR count). The van der Waals surface area contributed by atoms with Gasteiger partial charge in [0.15, 0.2) is 11.6 Å². The summed E-state index contributed by atoms with van der Waals surface area (Å²) in [5.74, 6) is 1.23. The van der Waals surface area contributed by atoms with Crippen LogP contribution in [0, 0.1) is 5.82 Å². The van der Waals surface area contributed by atoms with E-state index in [-0.39, 0.29) is 0 Å². The molecule has 6 heteroatoms. The number of hydrogen-bond donors (Lipinski definition) is 1. The van der Waals surface area contributed by atoms with Crippen LogP contribution in [0.5, 0.6) is 5.75 Å². The second-order valence-corrected chi connectivity index (χ2v) is 7.64. The van der Waals surface area contributed by atoms with Crippen molar-refractivity contribution in [3.05, 3.63) is 71.5 Å². The van der Waals surface area contributed by atoms with Crippen LogP contribution in [0.3, 0.4) is 0 Å². The summed E-state index contributed by atoms with van der Waals surface area (Å²) in [6.07, 6.45) is 10.9. The highest BCUT2D eigenvalue weighted by atomic mass is 19.1. The molecular weight excluding hydrogens is 381 g/mol. The van der Waals surface area contributed by atoms with Gasteiger partial charge in [0.25, 0.3) is 0 Å². The molecule has 2 aliphatic carbocycles. The van der Waals surface area contributed by atoms with Crippen LogP contribution in [-0.4, -0.2) is 23.2 Å². The van der Waals surface area contributed by atoms with Gasteiger partial charge >= 0.3 is 0 Å². The molecule has 2 aromatic rings. The van der Waals surface area contributed by atoms with Crippen LogP contribution < -0.4 is 10.5 Å². The quantitative estimate of drug-likeness (QED) is 0.600. The Bertz CT molecular complexity index is 1010. The van der Waals surface area contributed by atoms with Crippen LogP contribution in [0.1, 0.15) is 44.1 Å². The van der Waals surface area contributed by atoms with E-state index in [0.29, 0.717) is 54.1 Å². The number of allylic oxidation sites excluding steroid dienone is 3. The standard InChI is InChI=1S/C24H26FN3O2/c1-3-29-15(2)18-8-7-16(11-18)14-30-24-19(17-5-4-6-17)9-10-20(23(24)25)21-12-28-22(26)13-27-21/h7-10,12-13,17H,2-6,11,14H2,1H3,(H2,26,28). The van der Waals surface area contributed by atoms with Crippen molar-refractivity contribution in [2.24, 2.45) is 0 Å². The summed E-state index contributed by atoms with van der Waals surface area (Å²) in [7, 11) is 0. The van der Waals surface area contributed by atoms with Gasteiger partial charge in [-0.05, 0) is 42.9 Å². The van der Waals surface area contributed by atoms with Crippen molar-refractivity contribution in [3.8, 4) is 17.0 Å². The van der Waals surface area contributed by atoms with E-state index in [0.717, 1.165) is 36.0 Å². The first-order chi connectivity index (χ1) is 14.6. The van der Waals surface area contributed by atoms with E-state index in [4.69, 9.17) is 15.2 Å². The molecule has 0 radical (unpaired) electrons. The van der Waals surface area contributed by atoms with Crippen molar-refractivity contribution in [1.82, 2.24) is 9.97 Å². The zero-order valence-corrected chi connectivity index (χ0v) is 17.2. The summed E-state index contributed by atoms with van der Waals surface area (Å²) >= 11 is 0. The Balaban J connectivity index is 1.55. The molecule has 30 heavy (non-hydrogen) atoms. The van der Waals surface area contributed by atoms with E-state index in [1.165, 1.54) is 12.4 Å². The summed E-state index contributed by atoms with van der Waals surface area (Å²) in [6.45, 7) is 6.78. The molecule has 156 valence electrons. The molecule has 0 amide bonds. The lowest BCUT2D eigenvalue weighted by Crippen LogP contribution is -2.13. The number of nitrogen functional groups attached to an aromatic ring is 1. The maximum absolute atomic E-state index is 15.5. The highest BCUT2D eigenvalue weighted by Crippen LogP contribution is 2.44. The van der Waals surface area contributed by atoms with Gasteiger partial charge in [-0.1, -0.05) is 31.2 Å². The minimum atomic E-state index is -0.399. The minimum absolute atomic E-state index is 0.298. The molecule has 0 saturated heterocycles. The van der Waals surface area contributed by atoms with Gasteiger partial charge in [0.05, 0.1) is 24.7 Å². The third kappa shape index (κ3) is 4.08. The van der Waals surface area contributed by atoms with Crippen molar-refractivity contribution in [2.75, 3.05) is 18.9 Å². The Morgan fingerprint density at radius 1 is 1.23 bits per heavy atom. The first kappa shape index (κ1) is 20.1. The fourth-order valence-corrected chi connectivity index (χ4v) is 3.74. The molecule has 5 nitrogen and oxygen atoms in total. The number of aromatic nitrogens is 2. The molecule has 0 aliphatic heterocycles. The van der Waals surface area contributed by atoms with Gasteiger partial charge in [0.1, 0.15) is 18.2 Å². The van der Waals surface area contributed by atoms with E-state index in [1.54, 1.807) is 6.07 Å². The second-order valence-electron chi connectivity index (χ2n) is 7.64. The van der Waals surface area contributed by atoms with Crippen LogP contribution in [0.4, 0.5) is 10.2 Å². The average Bonchev–Trinajstić information content (AvgIpc) is 3.17. The summed E-state index contributed by atoms with van der Waals surface area (Å²) in [6, 6.07) is 3.72. The number of hydrogen-bond acceptors (Lipinski definition) is 5. The molecule has 1 aromatic carbocycles. The van der Waals surface area contributed by atoms with E-state index in [1.807, 2.05) is 25.1 Å². The SMILES string of the molecule is C=C(OCC)C1=CC=C(COc2c(C3CCC3)ccc(-c3cnc(N)cn3)c2F)C1. The molecular formula is C24H26FN3O2. The summed E-state index contributed by atoms with van der Waals surface area (Å²) in [5.41, 5.74) is 9.43. The number of benzene rings is 1. The molecule has 2 aliphatic rings. The third-order valence-electron chi connectivity index (χ3n) is 5.64. The molecule has 0 bridgehead atoms. The normalized spacial score (nSPS) is 15.9. The van der Waals surface area contributed by atoms with Crippen LogP contribution in [-0.2, 0) is 4.74 Å². The number of nitrogens with two attached hydrogens (primary N) is 1. The number of ether oxygens (including phenoxy) is 2. The van der Waals surface area contributed by atoms with Crippen molar-refractivity contribution in [1.29, 1.82) is 0 Å². The maximum atomic E-state index is 15.5. The average molecular weight is 407 g/mol. The maximum Gasteiger partial charge on any atom is 0.174 e. The Kier molecular flexibility index (Phi) is 5.84. The Morgan fingerprint density at radius 2 is 2.07 bits per heavy atom. The molecule has 1 heterocycles. The first-order valence-electron chi connectivity index (χ1n) is 10.3. The Labute approximate surface area is 176 Å². The molecule has 0 unspecified atom stereocenters. The molecule has 0 atom stereocenters. The largest absolute Gasteiger partial charge is 0.494 e. The number of rotatable bonds is 8. The Hall–Kier alpha value is -3.15. The first-order valence-corrected chi connectivity index (χ1v) is 10.3. The van der Waals surface area contributed by atoms with Crippen molar-refractivity contribution < 1.29 is 13.9 Å². The van der Waals surface area contributed by atoms with Gasteiger partial charge in [-0.3, -0.25) is 4.98 Å². The summed E-state index contributed by atoms with van der Waals surface area (Å²) < 4.78 is 27.1. The van der Waals surface area contributed by atoms with E-state index >= 15 is 4.39 Å². The third-order valence-corrected chi connectivity index (χ3v) is 5.64. The molecule has 2 N–H and O–H groups in total. The van der Waals surface area contributed by atoms with Crippen molar-refractivity contribution in [2.45, 2.75) is 38.5 Å². The lowest BCUT2D eigenvalue weighted by molar-refractivity contribution is 0.238. The minimum Gasteiger partial charge on any atom is -0.494 e. The number of nitrogens with zero attached hydrogens (tertiary/aromatic N) is 2. The predicted octanol–water partition coefficient (Wildman–Crippen LogP) is 5.32. The van der Waals surface area contributed by atoms with Crippen molar-refractivity contribution >= 4 is 5.82 Å². The summed E-state index contributed by atoms with van der Waals surface area (Å²) in [5, 5.41) is 0. The lowest BCUT2D eigenvalue weighted by atomic mass is 9.79. The van der Waals surface area contributed by atoms with Gasteiger partial charge in [0, 0.05) is 17.5 Å². The van der Waals surface area contributed by atoms with E-state index < -0.39 is 5.82 Å². The van der Waals surface area contributed by atoms with Crippen LogP contribution >= 0.6 is 0 Å². The number of anilines is 1. The van der Waals surface area contributed by atoms with Crippen LogP contribution in [0.25, 0.3) is 11.3 Å². The van der Waals surface area contributed by atoms with Crippen LogP contribution in [0.2, 0.25) is 0 Å². The Morgan fingerprint density at radius 3 is 2.73 bits per heavy atom. The zero-order chi connectivity index (χ0) is 21.1. The second kappa shape index (κ2) is 8.69. The van der Waals surface area contributed by atoms with Gasteiger partial charge in [-0.2, -0.15) is 0 Å². The summed E-state index contributed by atoms with van der Waals surface area (Å²) in [4.78, 5) is 8.25. The molecule has 1 aromatic heterocycles. The topological polar surface area (TPSA) is 70.3 Å². The fraction of sp³-hybridized carbons (Fsp3) is 0.333. The lowest BCUT2D eigenvalue weighted by Gasteiger charge is -2.28.